The second-order valence-corrected chi connectivity index (χ2v) is 8.55. The topological polar surface area (TPSA) is 50.7 Å². The maximum Gasteiger partial charge on any atom is 0.461 e. The van der Waals surface area contributed by atoms with Crippen LogP contribution in [0.3, 0.4) is 0 Å². The van der Waals surface area contributed by atoms with Crippen molar-refractivity contribution < 1.29 is 58.5 Å². The highest BCUT2D eigenvalue weighted by Crippen LogP contribution is 2.38. The number of aliphatic hydroxyl groups excluding tert-OH is 1. The minimum atomic E-state index is -5.10. The summed E-state index contributed by atoms with van der Waals surface area (Å²) in [5.74, 6) is -2.69. The summed E-state index contributed by atoms with van der Waals surface area (Å²) in [5.41, 5.74) is -1.95. The molecule has 0 fully saturated rings. The van der Waals surface area contributed by atoms with Gasteiger partial charge in [0, 0.05) is 12.6 Å². The summed E-state index contributed by atoms with van der Waals surface area (Å²) in [6, 6.07) is 14.0. The minimum absolute atomic E-state index is 0.00971. The molecular formula is C26H21F10NO3. The number of benzene rings is 3. The van der Waals surface area contributed by atoms with Gasteiger partial charge in [-0.25, -0.2) is 4.39 Å². The molecule has 2 atom stereocenters. The van der Waals surface area contributed by atoms with Crippen LogP contribution in [0, 0.1) is 5.82 Å². The van der Waals surface area contributed by atoms with Gasteiger partial charge in [0.1, 0.15) is 17.3 Å². The van der Waals surface area contributed by atoms with Crippen molar-refractivity contribution in [3.8, 4) is 11.5 Å². The molecule has 218 valence electrons. The van der Waals surface area contributed by atoms with E-state index < -0.39 is 55.1 Å². The largest absolute Gasteiger partial charge is 0.461 e. The fraction of sp³-hybridized carbons (Fsp3) is 0.308. The molecule has 0 aliphatic rings. The zero-order chi connectivity index (χ0) is 29.7. The highest BCUT2D eigenvalue weighted by molar-refractivity contribution is 5.46. The fourth-order valence-electron chi connectivity index (χ4n) is 3.92. The summed E-state index contributed by atoms with van der Waals surface area (Å²) in [7, 11) is 0. The van der Waals surface area contributed by atoms with Crippen LogP contribution in [0.15, 0.2) is 72.8 Å². The van der Waals surface area contributed by atoms with Crippen molar-refractivity contribution in [1.82, 2.24) is 5.32 Å². The summed E-state index contributed by atoms with van der Waals surface area (Å²) < 4.78 is 141. The number of halogens is 10. The smallest absolute Gasteiger partial charge is 0.435 e. The lowest BCUT2D eigenvalue weighted by atomic mass is 9.77. The number of alkyl halides is 9. The number of hydrogen-bond acceptors (Lipinski definition) is 4. The molecule has 1 unspecified atom stereocenters. The Kier molecular flexibility index (Phi) is 9.56. The van der Waals surface area contributed by atoms with Crippen molar-refractivity contribution in [2.45, 2.75) is 43.4 Å². The predicted molar refractivity (Wildman–Crippen MR) is 122 cm³/mol. The van der Waals surface area contributed by atoms with Crippen LogP contribution in [0.5, 0.6) is 11.5 Å². The number of nitrogens with one attached hydrogen (secondary N) is 1. The van der Waals surface area contributed by atoms with E-state index in [1.165, 1.54) is 12.1 Å². The van der Waals surface area contributed by atoms with Crippen LogP contribution in [-0.2, 0) is 12.0 Å². The molecule has 3 rings (SSSR count). The molecule has 0 bridgehead atoms. The van der Waals surface area contributed by atoms with Crippen LogP contribution in [-0.4, -0.2) is 43.1 Å². The lowest BCUT2D eigenvalue weighted by Gasteiger charge is -2.38. The monoisotopic (exact) mass is 585 g/mol. The summed E-state index contributed by atoms with van der Waals surface area (Å²) in [6.07, 6.45) is -17.7. The standard InChI is InChI=1S/C26H21F10NO3/c27-18-10-17(11-20(12-18)40-26(35,36)22(28)29)24(13-15-4-2-1-3-5-15,37-14-21(38)25(32,33)34)16-6-8-19(9-7-16)39-23(30)31/h1-12,21-23,37-38H,13-14H2/t21?,24-/m1/s1. The van der Waals surface area contributed by atoms with E-state index in [-0.39, 0.29) is 23.3 Å². The van der Waals surface area contributed by atoms with E-state index in [2.05, 4.69) is 14.8 Å². The van der Waals surface area contributed by atoms with Gasteiger partial charge in [-0.2, -0.15) is 39.5 Å². The molecule has 3 aromatic carbocycles. The molecule has 0 saturated heterocycles. The Morgan fingerprint density at radius 3 is 1.95 bits per heavy atom. The maximum atomic E-state index is 14.7. The molecule has 0 radical (unpaired) electrons. The third-order valence-corrected chi connectivity index (χ3v) is 5.73. The van der Waals surface area contributed by atoms with Gasteiger partial charge in [-0.05, 0) is 47.4 Å². The van der Waals surface area contributed by atoms with E-state index in [0.29, 0.717) is 11.6 Å². The summed E-state index contributed by atoms with van der Waals surface area (Å²) in [6.45, 7) is -4.41. The van der Waals surface area contributed by atoms with Gasteiger partial charge in [-0.15, -0.1) is 0 Å². The van der Waals surface area contributed by atoms with Crippen LogP contribution in [0.1, 0.15) is 16.7 Å². The Morgan fingerprint density at radius 1 is 0.775 bits per heavy atom. The Morgan fingerprint density at radius 2 is 1.40 bits per heavy atom. The lowest BCUT2D eigenvalue weighted by Crippen LogP contribution is -2.51. The quantitative estimate of drug-likeness (QED) is 0.234. The average molecular weight is 585 g/mol. The van der Waals surface area contributed by atoms with Crippen LogP contribution < -0.4 is 14.8 Å². The van der Waals surface area contributed by atoms with Gasteiger partial charge in [0.05, 0.1) is 5.54 Å². The molecule has 14 heteroatoms. The molecule has 0 aliphatic heterocycles. The van der Waals surface area contributed by atoms with Crippen molar-refractivity contribution in [3.05, 3.63) is 95.3 Å². The Labute approximate surface area is 221 Å². The highest BCUT2D eigenvalue weighted by Gasteiger charge is 2.45. The van der Waals surface area contributed by atoms with Crippen molar-refractivity contribution in [3.63, 3.8) is 0 Å². The first kappa shape index (κ1) is 31.0. The van der Waals surface area contributed by atoms with Crippen LogP contribution >= 0.6 is 0 Å². The molecule has 0 aliphatic carbocycles. The average Bonchev–Trinajstić information content (AvgIpc) is 2.86. The third-order valence-electron chi connectivity index (χ3n) is 5.73. The van der Waals surface area contributed by atoms with Crippen LogP contribution in [0.2, 0.25) is 0 Å². The van der Waals surface area contributed by atoms with Gasteiger partial charge in [-0.3, -0.25) is 0 Å². The van der Waals surface area contributed by atoms with E-state index >= 15 is 0 Å². The molecular weight excluding hydrogens is 564 g/mol. The normalized spacial score (nSPS) is 14.7. The second-order valence-electron chi connectivity index (χ2n) is 8.55. The van der Waals surface area contributed by atoms with Gasteiger partial charge >= 0.3 is 25.3 Å². The van der Waals surface area contributed by atoms with Gasteiger partial charge in [0.25, 0.3) is 0 Å². The summed E-state index contributed by atoms with van der Waals surface area (Å²) in [5, 5.41) is 12.2. The first-order chi connectivity index (χ1) is 18.6. The number of aliphatic hydroxyl groups is 1. The van der Waals surface area contributed by atoms with Crippen molar-refractivity contribution in [2.75, 3.05) is 6.54 Å². The summed E-state index contributed by atoms with van der Waals surface area (Å²) >= 11 is 0. The minimum Gasteiger partial charge on any atom is -0.435 e. The third kappa shape index (κ3) is 7.78. The molecule has 3 aromatic rings. The number of rotatable bonds is 12. The number of hydrogen-bond donors (Lipinski definition) is 2. The van der Waals surface area contributed by atoms with E-state index in [1.54, 1.807) is 18.2 Å². The van der Waals surface area contributed by atoms with E-state index in [9.17, 15) is 49.0 Å². The van der Waals surface area contributed by atoms with Gasteiger partial charge in [0.2, 0.25) is 0 Å². The molecule has 2 N–H and O–H groups in total. The van der Waals surface area contributed by atoms with Crippen LogP contribution in [0.4, 0.5) is 43.9 Å². The van der Waals surface area contributed by atoms with E-state index in [0.717, 1.165) is 36.4 Å². The van der Waals surface area contributed by atoms with E-state index in [1.807, 2.05) is 0 Å². The lowest BCUT2D eigenvalue weighted by molar-refractivity contribution is -0.253. The van der Waals surface area contributed by atoms with Crippen molar-refractivity contribution in [2.24, 2.45) is 0 Å². The molecule has 0 heterocycles. The Hall–Kier alpha value is -3.52. The van der Waals surface area contributed by atoms with Gasteiger partial charge in [-0.1, -0.05) is 42.5 Å². The highest BCUT2D eigenvalue weighted by atomic mass is 19.4. The van der Waals surface area contributed by atoms with Gasteiger partial charge < -0.3 is 19.9 Å². The maximum absolute atomic E-state index is 14.7. The first-order valence-electron chi connectivity index (χ1n) is 11.4. The summed E-state index contributed by atoms with van der Waals surface area (Å²) in [4.78, 5) is 0. The molecule has 0 saturated carbocycles. The zero-order valence-electron chi connectivity index (χ0n) is 20.1. The Balaban J connectivity index is 2.23. The van der Waals surface area contributed by atoms with Crippen molar-refractivity contribution >= 4 is 0 Å². The van der Waals surface area contributed by atoms with E-state index in [4.69, 9.17) is 0 Å². The SMILES string of the molecule is OC(CN[C@](Cc1ccccc1)(c1ccc(OC(F)F)cc1)c1cc(F)cc(OC(F)(F)C(F)F)c1)C(F)(F)F. The molecule has 0 spiro atoms. The van der Waals surface area contributed by atoms with Crippen molar-refractivity contribution in [1.29, 1.82) is 0 Å². The fourth-order valence-corrected chi connectivity index (χ4v) is 3.92. The molecule has 40 heavy (non-hydrogen) atoms. The predicted octanol–water partition coefficient (Wildman–Crippen LogP) is 6.66. The molecule has 0 amide bonds. The van der Waals surface area contributed by atoms with Gasteiger partial charge in [0.15, 0.2) is 6.10 Å². The number of ether oxygens (including phenoxy) is 2. The second kappa shape index (κ2) is 12.3. The molecule has 4 nitrogen and oxygen atoms in total. The zero-order valence-corrected chi connectivity index (χ0v) is 20.1. The first-order valence-corrected chi connectivity index (χ1v) is 11.4. The Bertz CT molecular complexity index is 1240. The van der Waals surface area contributed by atoms with Crippen LogP contribution in [0.25, 0.3) is 0 Å². The molecule has 0 aromatic heterocycles.